The Morgan fingerprint density at radius 2 is 1.67 bits per heavy atom. The van der Waals surface area contributed by atoms with Gasteiger partial charge in [-0.25, -0.2) is 0 Å². The van der Waals surface area contributed by atoms with Crippen LogP contribution in [0.2, 0.25) is 0 Å². The maximum Gasteiger partial charge on any atom is 1.00 e. The van der Waals surface area contributed by atoms with Gasteiger partial charge >= 0.3 is 58.4 Å². The molecule has 1 aromatic carbocycles. The van der Waals surface area contributed by atoms with E-state index in [1.54, 1.807) is 0 Å². The van der Waals surface area contributed by atoms with Crippen LogP contribution in [0.1, 0.15) is 5.56 Å². The monoisotopic (exact) mass is 244 g/mol. The Hall–Kier alpha value is 0.471. The molecule has 0 aliphatic rings. The first kappa shape index (κ1) is 15.5. The van der Waals surface area contributed by atoms with E-state index in [0.29, 0.717) is 5.56 Å². The van der Waals surface area contributed by atoms with Crippen molar-refractivity contribution in [3.63, 3.8) is 0 Å². The van der Waals surface area contributed by atoms with Gasteiger partial charge in [-0.3, -0.25) is 0 Å². The summed E-state index contributed by atoms with van der Waals surface area (Å²) < 4.78 is 39.8. The fourth-order valence-electron chi connectivity index (χ4n) is 0.882. The van der Waals surface area contributed by atoms with Crippen LogP contribution in [0.4, 0.5) is 12.9 Å². The third-order valence-electron chi connectivity index (χ3n) is 1.54. The number of rotatable bonds is 4. The van der Waals surface area contributed by atoms with Crippen molar-refractivity contribution in [2.75, 3.05) is 6.51 Å². The predicted molar refractivity (Wildman–Crippen MR) is 46.9 cm³/mol. The van der Waals surface area contributed by atoms with Gasteiger partial charge in [0.25, 0.3) is 0 Å². The third-order valence-corrected chi connectivity index (χ3v) is 1.54. The number of halogens is 3. The molecule has 78 valence electrons. The van der Waals surface area contributed by atoms with Gasteiger partial charge in [-0.15, -0.1) is 0 Å². The van der Waals surface area contributed by atoms with Gasteiger partial charge in [0.2, 0.25) is 0 Å². The van der Waals surface area contributed by atoms with Crippen LogP contribution < -0.4 is 56.1 Å². The molecule has 0 radical (unpaired) electrons. The largest absolute Gasteiger partial charge is 1.00 e. The minimum absolute atomic E-state index is 0. The average Bonchev–Trinajstić information content (AvgIpc) is 2.14. The summed E-state index contributed by atoms with van der Waals surface area (Å²) in [4.78, 5) is 0. The van der Waals surface area contributed by atoms with Crippen LogP contribution in [-0.2, 0) is 6.61 Å². The zero-order valence-corrected chi connectivity index (χ0v) is 11.4. The molecule has 0 aliphatic carbocycles. The summed E-state index contributed by atoms with van der Waals surface area (Å²) >= 11 is 0. The van der Waals surface area contributed by atoms with Crippen LogP contribution in [-0.4, -0.2) is 18.6 Å². The van der Waals surface area contributed by atoms with Crippen molar-refractivity contribution in [2.24, 2.45) is 0 Å². The number of aliphatic hydroxyl groups is 1. The van der Waals surface area contributed by atoms with Crippen molar-refractivity contribution < 1.29 is 74.2 Å². The molecule has 0 atom stereocenters. The molecule has 1 rings (SSSR count). The number of benzene rings is 1. The molecule has 15 heavy (non-hydrogen) atoms. The standard InChI is InChI=1S/C8H9BF3O2.K/c10-9(11,12)6-14-8-3-1-7(5-13)2-4-8;/h1-4,13H,5-6H2;/q-1;+1. The molecule has 2 nitrogen and oxygen atoms in total. The van der Waals surface area contributed by atoms with Crippen LogP contribution in [0, 0.1) is 0 Å². The minimum atomic E-state index is -4.91. The zero-order valence-electron chi connectivity index (χ0n) is 8.29. The summed E-state index contributed by atoms with van der Waals surface area (Å²) in [5, 5.41) is 8.67. The number of hydrogen-bond donors (Lipinski definition) is 1. The molecule has 0 bridgehead atoms. The molecular formula is C8H9BF3KO2. The zero-order chi connectivity index (χ0) is 10.6. The molecule has 7 heteroatoms. The van der Waals surface area contributed by atoms with E-state index in [2.05, 4.69) is 4.74 Å². The second kappa shape index (κ2) is 6.93. The van der Waals surface area contributed by atoms with E-state index in [1.807, 2.05) is 0 Å². The fourth-order valence-corrected chi connectivity index (χ4v) is 0.882. The summed E-state index contributed by atoms with van der Waals surface area (Å²) in [6, 6.07) is 5.82. The van der Waals surface area contributed by atoms with Crippen molar-refractivity contribution in [3.8, 4) is 5.75 Å². The molecule has 0 spiro atoms. The van der Waals surface area contributed by atoms with E-state index in [4.69, 9.17) is 5.11 Å². The summed E-state index contributed by atoms with van der Waals surface area (Å²) in [6.45, 7) is -6.29. The van der Waals surface area contributed by atoms with Crippen LogP contribution >= 0.6 is 0 Å². The van der Waals surface area contributed by atoms with E-state index in [1.165, 1.54) is 24.3 Å². The van der Waals surface area contributed by atoms with E-state index in [0.717, 1.165) is 0 Å². The fraction of sp³-hybridized carbons (Fsp3) is 0.250. The molecule has 0 saturated carbocycles. The first-order chi connectivity index (χ1) is 6.51. The normalized spacial score (nSPS) is 10.7. The Morgan fingerprint density at radius 3 is 2.07 bits per heavy atom. The maximum atomic E-state index is 11.8. The van der Waals surface area contributed by atoms with E-state index >= 15 is 0 Å². The Kier molecular flexibility index (Phi) is 7.14. The molecule has 0 heterocycles. The molecule has 0 amide bonds. The van der Waals surface area contributed by atoms with Crippen LogP contribution in [0.5, 0.6) is 5.75 Å². The van der Waals surface area contributed by atoms with Gasteiger partial charge in [-0.05, 0) is 17.7 Å². The topological polar surface area (TPSA) is 29.5 Å². The SMILES string of the molecule is OCc1ccc(OC[B-](F)(F)F)cc1.[K+]. The minimum Gasteiger partial charge on any atom is -0.522 e. The second-order valence-corrected chi connectivity index (χ2v) is 2.82. The summed E-state index contributed by atoms with van der Waals surface area (Å²) in [5.41, 5.74) is 0.634. The molecule has 0 unspecified atom stereocenters. The molecule has 1 aromatic rings. The van der Waals surface area contributed by atoms with Gasteiger partial charge in [-0.1, -0.05) is 12.1 Å². The van der Waals surface area contributed by atoms with E-state index in [-0.39, 0.29) is 63.7 Å². The molecule has 0 aromatic heterocycles. The number of ether oxygens (including phenoxy) is 1. The van der Waals surface area contributed by atoms with Gasteiger partial charge in [-0.2, -0.15) is 0 Å². The first-order valence-corrected chi connectivity index (χ1v) is 4.05. The van der Waals surface area contributed by atoms with Gasteiger partial charge in [0, 0.05) is 0 Å². The van der Waals surface area contributed by atoms with Crippen molar-refractivity contribution in [2.45, 2.75) is 6.61 Å². The quantitative estimate of drug-likeness (QED) is 0.685. The number of hydrogen-bond acceptors (Lipinski definition) is 2. The third kappa shape index (κ3) is 6.60. The van der Waals surface area contributed by atoms with Crippen molar-refractivity contribution in [1.29, 1.82) is 0 Å². The maximum absolute atomic E-state index is 11.8. The van der Waals surface area contributed by atoms with Gasteiger partial charge in [0.15, 0.2) is 0 Å². The Balaban J connectivity index is 0.00000196. The molecular weight excluding hydrogens is 235 g/mol. The van der Waals surface area contributed by atoms with E-state index < -0.39 is 13.5 Å². The Bertz CT molecular complexity index is 289. The Morgan fingerprint density at radius 1 is 1.13 bits per heavy atom. The second-order valence-electron chi connectivity index (χ2n) is 2.82. The van der Waals surface area contributed by atoms with Gasteiger partial charge < -0.3 is 22.8 Å². The predicted octanol–water partition coefficient (Wildman–Crippen LogP) is -1.05. The summed E-state index contributed by atoms with van der Waals surface area (Å²) in [6.07, 6.45) is 0. The van der Waals surface area contributed by atoms with Crippen molar-refractivity contribution in [1.82, 2.24) is 0 Å². The van der Waals surface area contributed by atoms with Crippen molar-refractivity contribution in [3.05, 3.63) is 29.8 Å². The molecule has 1 N–H and O–H groups in total. The smallest absolute Gasteiger partial charge is 0.522 e. The average molecular weight is 244 g/mol. The van der Waals surface area contributed by atoms with Gasteiger partial charge in [0.1, 0.15) is 5.75 Å². The van der Waals surface area contributed by atoms with Crippen LogP contribution in [0.3, 0.4) is 0 Å². The summed E-state index contributed by atoms with van der Waals surface area (Å²) in [5.74, 6) is 0.154. The van der Waals surface area contributed by atoms with Crippen molar-refractivity contribution >= 4 is 6.98 Å². The molecule has 0 aliphatic heterocycles. The molecule has 0 fully saturated rings. The summed E-state index contributed by atoms with van der Waals surface area (Å²) in [7, 11) is 0. The number of aliphatic hydroxyl groups excluding tert-OH is 1. The molecule has 0 saturated heterocycles. The Labute approximate surface area is 128 Å². The van der Waals surface area contributed by atoms with Crippen LogP contribution in [0.15, 0.2) is 24.3 Å². The van der Waals surface area contributed by atoms with Crippen LogP contribution in [0.25, 0.3) is 0 Å². The first-order valence-electron chi connectivity index (χ1n) is 4.05. The van der Waals surface area contributed by atoms with E-state index in [9.17, 15) is 12.9 Å². The van der Waals surface area contributed by atoms with Gasteiger partial charge in [0.05, 0.1) is 13.1 Å².